The summed E-state index contributed by atoms with van der Waals surface area (Å²) < 4.78 is 0. The molecule has 0 aliphatic rings. The molecule has 0 unspecified atom stereocenters. The van der Waals surface area contributed by atoms with Gasteiger partial charge in [0.15, 0.2) is 0 Å². The summed E-state index contributed by atoms with van der Waals surface area (Å²) in [5.41, 5.74) is 3.54. The lowest BCUT2D eigenvalue weighted by atomic mass is 9.94. The van der Waals surface area contributed by atoms with Crippen LogP contribution in [-0.2, 0) is 0 Å². The summed E-state index contributed by atoms with van der Waals surface area (Å²) in [7, 11) is 0. The lowest BCUT2D eigenvalue weighted by Gasteiger charge is -2.14. The first-order valence-corrected chi connectivity index (χ1v) is 7.26. The van der Waals surface area contributed by atoms with Crippen molar-refractivity contribution in [1.82, 2.24) is 9.97 Å². The SMILES string of the molecule is Nc1[nH]c(=O)c(C(=O)O)c(-c2ccc3ncccc3c2Cl)c1C(=O)O. The number of nitrogens with one attached hydrogen (secondary N) is 1. The fraction of sp³-hybridized carbons (Fsp3) is 0. The fourth-order valence-electron chi connectivity index (χ4n) is 2.63. The Morgan fingerprint density at radius 1 is 1.12 bits per heavy atom. The Morgan fingerprint density at radius 2 is 1.80 bits per heavy atom. The number of carbonyl (C=O) groups is 2. The molecular formula is C16H10ClN3O5. The second-order valence-corrected chi connectivity index (χ2v) is 5.48. The second-order valence-electron chi connectivity index (χ2n) is 5.10. The Bertz CT molecular complexity index is 1110. The number of aromatic nitrogens is 2. The molecule has 5 N–H and O–H groups in total. The maximum absolute atomic E-state index is 12.1. The average molecular weight is 360 g/mol. The van der Waals surface area contributed by atoms with Gasteiger partial charge in [0.25, 0.3) is 5.56 Å². The van der Waals surface area contributed by atoms with Gasteiger partial charge in [-0.05, 0) is 18.2 Å². The third-order valence-corrected chi connectivity index (χ3v) is 4.07. The quantitative estimate of drug-likeness (QED) is 0.560. The number of benzene rings is 1. The molecule has 0 spiro atoms. The zero-order valence-corrected chi connectivity index (χ0v) is 13.2. The first-order chi connectivity index (χ1) is 11.8. The van der Waals surface area contributed by atoms with Crippen LogP contribution in [0.1, 0.15) is 20.7 Å². The molecule has 126 valence electrons. The van der Waals surface area contributed by atoms with Gasteiger partial charge < -0.3 is 20.9 Å². The van der Waals surface area contributed by atoms with E-state index in [9.17, 15) is 24.6 Å². The number of nitrogens with zero attached hydrogens (tertiary/aromatic N) is 1. The van der Waals surface area contributed by atoms with Gasteiger partial charge in [0.1, 0.15) is 16.9 Å². The number of aromatic amines is 1. The van der Waals surface area contributed by atoms with Crippen LogP contribution in [-0.4, -0.2) is 32.1 Å². The molecule has 0 saturated carbocycles. The van der Waals surface area contributed by atoms with E-state index in [0.29, 0.717) is 10.9 Å². The number of fused-ring (bicyclic) bond motifs is 1. The molecule has 2 heterocycles. The zero-order valence-electron chi connectivity index (χ0n) is 12.4. The van der Waals surface area contributed by atoms with Crippen molar-refractivity contribution in [2.24, 2.45) is 0 Å². The molecule has 0 saturated heterocycles. The van der Waals surface area contributed by atoms with Gasteiger partial charge in [0.2, 0.25) is 0 Å². The highest BCUT2D eigenvalue weighted by molar-refractivity contribution is 6.38. The van der Waals surface area contributed by atoms with Crippen LogP contribution in [0.5, 0.6) is 0 Å². The molecule has 0 radical (unpaired) electrons. The number of aromatic carboxylic acids is 2. The maximum atomic E-state index is 12.1. The standard InChI is InChI=1S/C16H10ClN3O5/c17-12-6-2-1-5-19-8(6)4-3-7(12)9-10(15(22)23)13(18)20-14(21)11(9)16(24)25/h1-5H,(H,22,23)(H,24,25)(H3,18,20,21). The number of halogens is 1. The summed E-state index contributed by atoms with van der Waals surface area (Å²) >= 11 is 6.36. The molecule has 2 aromatic heterocycles. The number of nitrogens with two attached hydrogens (primary N) is 1. The molecule has 25 heavy (non-hydrogen) atoms. The summed E-state index contributed by atoms with van der Waals surface area (Å²) in [6.45, 7) is 0. The highest BCUT2D eigenvalue weighted by Crippen LogP contribution is 2.37. The van der Waals surface area contributed by atoms with Gasteiger partial charge in [0, 0.05) is 22.7 Å². The predicted molar refractivity (Wildman–Crippen MR) is 91.1 cm³/mol. The average Bonchev–Trinajstić information content (AvgIpc) is 2.54. The lowest BCUT2D eigenvalue weighted by Crippen LogP contribution is -2.24. The minimum Gasteiger partial charge on any atom is -0.478 e. The van der Waals surface area contributed by atoms with Gasteiger partial charge in [0.05, 0.1) is 10.5 Å². The molecular weight excluding hydrogens is 350 g/mol. The highest BCUT2D eigenvalue weighted by Gasteiger charge is 2.28. The molecule has 3 rings (SSSR count). The van der Waals surface area contributed by atoms with E-state index in [1.165, 1.54) is 6.07 Å². The first-order valence-electron chi connectivity index (χ1n) is 6.89. The molecule has 9 heteroatoms. The summed E-state index contributed by atoms with van der Waals surface area (Å²) in [5, 5.41) is 19.4. The number of rotatable bonds is 3. The minimum atomic E-state index is -1.60. The Labute approximate surface area is 144 Å². The molecule has 0 bridgehead atoms. The van der Waals surface area contributed by atoms with Crippen LogP contribution in [0, 0.1) is 0 Å². The van der Waals surface area contributed by atoms with Gasteiger partial charge >= 0.3 is 11.9 Å². The number of carboxylic acid groups (broad SMARTS) is 2. The topological polar surface area (TPSA) is 146 Å². The Balaban J connectivity index is 2.53. The Hall–Kier alpha value is -3.39. The van der Waals surface area contributed by atoms with Crippen molar-refractivity contribution >= 4 is 40.3 Å². The van der Waals surface area contributed by atoms with Crippen molar-refractivity contribution in [2.45, 2.75) is 0 Å². The van der Waals surface area contributed by atoms with E-state index in [0.717, 1.165) is 0 Å². The van der Waals surface area contributed by atoms with E-state index < -0.39 is 34.4 Å². The van der Waals surface area contributed by atoms with Crippen molar-refractivity contribution in [3.05, 3.63) is 57.0 Å². The molecule has 3 aromatic rings. The number of hydrogen-bond donors (Lipinski definition) is 4. The van der Waals surface area contributed by atoms with Crippen LogP contribution in [0.4, 0.5) is 5.82 Å². The van der Waals surface area contributed by atoms with Crippen molar-refractivity contribution in [2.75, 3.05) is 5.73 Å². The van der Waals surface area contributed by atoms with Crippen LogP contribution in [0.15, 0.2) is 35.3 Å². The van der Waals surface area contributed by atoms with Gasteiger partial charge in [-0.2, -0.15) is 0 Å². The number of H-pyrrole nitrogens is 1. The number of hydrogen-bond acceptors (Lipinski definition) is 5. The molecule has 1 aromatic carbocycles. The van der Waals surface area contributed by atoms with E-state index in [4.69, 9.17) is 17.3 Å². The summed E-state index contributed by atoms with van der Waals surface area (Å²) in [6, 6.07) is 6.22. The van der Waals surface area contributed by atoms with Crippen molar-refractivity contribution in [1.29, 1.82) is 0 Å². The molecule has 0 fully saturated rings. The Morgan fingerprint density at radius 3 is 2.44 bits per heavy atom. The van der Waals surface area contributed by atoms with E-state index in [-0.39, 0.29) is 16.1 Å². The van der Waals surface area contributed by atoms with Crippen molar-refractivity contribution in [3.63, 3.8) is 0 Å². The monoisotopic (exact) mass is 359 g/mol. The largest absolute Gasteiger partial charge is 0.478 e. The fourth-order valence-corrected chi connectivity index (χ4v) is 2.94. The van der Waals surface area contributed by atoms with Gasteiger partial charge in [-0.25, -0.2) is 9.59 Å². The van der Waals surface area contributed by atoms with Crippen LogP contribution in [0.3, 0.4) is 0 Å². The van der Waals surface area contributed by atoms with Crippen molar-refractivity contribution < 1.29 is 19.8 Å². The van der Waals surface area contributed by atoms with Crippen LogP contribution < -0.4 is 11.3 Å². The van der Waals surface area contributed by atoms with Gasteiger partial charge in [-0.15, -0.1) is 0 Å². The minimum absolute atomic E-state index is 0.0646. The maximum Gasteiger partial charge on any atom is 0.342 e. The van der Waals surface area contributed by atoms with E-state index in [2.05, 4.69) is 4.98 Å². The van der Waals surface area contributed by atoms with Crippen molar-refractivity contribution in [3.8, 4) is 11.1 Å². The zero-order chi connectivity index (χ0) is 18.3. The highest BCUT2D eigenvalue weighted by atomic mass is 35.5. The predicted octanol–water partition coefficient (Wildman–Crippen LogP) is 2.22. The Kier molecular flexibility index (Phi) is 3.90. The van der Waals surface area contributed by atoms with Crippen LogP contribution >= 0.6 is 11.6 Å². The third kappa shape index (κ3) is 2.58. The normalized spacial score (nSPS) is 10.8. The van der Waals surface area contributed by atoms with Crippen LogP contribution in [0.2, 0.25) is 5.02 Å². The summed E-state index contributed by atoms with van der Waals surface area (Å²) in [5.74, 6) is -3.55. The lowest BCUT2D eigenvalue weighted by molar-refractivity contribution is 0.0695. The molecule has 8 nitrogen and oxygen atoms in total. The number of carboxylic acids is 2. The molecule has 0 aliphatic carbocycles. The van der Waals surface area contributed by atoms with Crippen LogP contribution in [0.25, 0.3) is 22.0 Å². The first kappa shape index (κ1) is 16.5. The van der Waals surface area contributed by atoms with E-state index >= 15 is 0 Å². The summed E-state index contributed by atoms with van der Waals surface area (Å²) in [4.78, 5) is 41.4. The van der Waals surface area contributed by atoms with E-state index in [1.807, 2.05) is 4.98 Å². The number of anilines is 1. The second kappa shape index (κ2) is 5.91. The number of nitrogen functional groups attached to an aromatic ring is 1. The molecule has 0 aliphatic heterocycles. The molecule has 0 amide bonds. The van der Waals surface area contributed by atoms with Gasteiger partial charge in [-0.1, -0.05) is 17.7 Å². The smallest absolute Gasteiger partial charge is 0.342 e. The van der Waals surface area contributed by atoms with Gasteiger partial charge in [-0.3, -0.25) is 9.78 Å². The summed E-state index contributed by atoms with van der Waals surface area (Å²) in [6.07, 6.45) is 1.55. The number of pyridine rings is 2. The molecule has 0 atom stereocenters. The van der Waals surface area contributed by atoms with E-state index in [1.54, 1.807) is 24.4 Å². The third-order valence-electron chi connectivity index (χ3n) is 3.66.